The molecule has 0 aliphatic carbocycles. The van der Waals surface area contributed by atoms with Gasteiger partial charge in [-0.15, -0.1) is 0 Å². The highest BCUT2D eigenvalue weighted by Crippen LogP contribution is 2.36. The summed E-state index contributed by atoms with van der Waals surface area (Å²) in [5, 5.41) is 0. The zero-order chi connectivity index (χ0) is 17.3. The average molecular weight is 322 g/mol. The van der Waals surface area contributed by atoms with E-state index in [0.29, 0.717) is 6.42 Å². The smallest absolute Gasteiger partial charge is 0.139 e. The van der Waals surface area contributed by atoms with E-state index in [4.69, 9.17) is 4.74 Å². The topological polar surface area (TPSA) is 13.7 Å². The Morgan fingerprint density at radius 3 is 1.75 bits per heavy atom. The minimum atomic E-state index is -0.520. The van der Waals surface area contributed by atoms with E-state index in [2.05, 4.69) is 74.2 Å². The molecular formula is C22H28NO+. The van der Waals surface area contributed by atoms with Crippen molar-refractivity contribution in [1.29, 1.82) is 0 Å². The molecule has 2 heteroatoms. The zero-order valence-corrected chi connectivity index (χ0v) is 15.0. The number of hydrogen-bond acceptors (Lipinski definition) is 1. The predicted molar refractivity (Wildman–Crippen MR) is 100.0 cm³/mol. The minimum absolute atomic E-state index is 0.520. The molecule has 0 saturated carbocycles. The molecule has 0 aromatic heterocycles. The van der Waals surface area contributed by atoms with E-state index in [0.717, 1.165) is 30.8 Å². The second-order valence-corrected chi connectivity index (χ2v) is 5.93. The van der Waals surface area contributed by atoms with Gasteiger partial charge in [0.2, 0.25) is 0 Å². The Bertz CT molecular complexity index is 611. The van der Waals surface area contributed by atoms with Crippen molar-refractivity contribution in [2.24, 2.45) is 0 Å². The van der Waals surface area contributed by atoms with Crippen molar-refractivity contribution < 1.29 is 9.64 Å². The van der Waals surface area contributed by atoms with Gasteiger partial charge in [-0.05, 0) is 30.9 Å². The molecule has 0 spiro atoms. The Labute approximate surface area is 146 Å². The van der Waals surface area contributed by atoms with Gasteiger partial charge in [0.1, 0.15) is 12.1 Å². The van der Waals surface area contributed by atoms with E-state index in [1.807, 2.05) is 12.1 Å². The summed E-state index contributed by atoms with van der Waals surface area (Å²) >= 11 is 0. The third-order valence-electron chi connectivity index (χ3n) is 4.63. The summed E-state index contributed by atoms with van der Waals surface area (Å²) in [5.41, 5.74) is 1.76. The standard InChI is InChI=1S/C22H27NO/c1-4-23(5-2)19-13-12-18-22(24-3,20-14-8-6-9-15-20)21-16-10-7-11-17-21/h6-11,14-17H,4-5,18-19H2,1-3H3/p+1. The molecule has 0 heterocycles. The van der Waals surface area contributed by atoms with Crippen molar-refractivity contribution in [3.05, 3.63) is 71.8 Å². The zero-order valence-electron chi connectivity index (χ0n) is 15.0. The number of nitrogens with one attached hydrogen (secondary N) is 1. The monoisotopic (exact) mass is 322 g/mol. The van der Waals surface area contributed by atoms with Crippen molar-refractivity contribution >= 4 is 0 Å². The Morgan fingerprint density at radius 1 is 0.833 bits per heavy atom. The first-order valence-electron chi connectivity index (χ1n) is 8.72. The van der Waals surface area contributed by atoms with Crippen molar-refractivity contribution in [3.63, 3.8) is 0 Å². The first kappa shape index (κ1) is 18.3. The lowest BCUT2D eigenvalue weighted by molar-refractivity contribution is -0.889. The highest BCUT2D eigenvalue weighted by Gasteiger charge is 2.33. The molecule has 2 nitrogen and oxygen atoms in total. The number of hydrogen-bond donors (Lipinski definition) is 1. The van der Waals surface area contributed by atoms with Gasteiger partial charge in [-0.1, -0.05) is 66.6 Å². The quantitative estimate of drug-likeness (QED) is 0.774. The molecule has 126 valence electrons. The van der Waals surface area contributed by atoms with Crippen LogP contribution in [0.3, 0.4) is 0 Å². The van der Waals surface area contributed by atoms with Gasteiger partial charge in [-0.2, -0.15) is 0 Å². The fourth-order valence-electron chi connectivity index (χ4n) is 2.97. The summed E-state index contributed by atoms with van der Waals surface area (Å²) in [6, 6.07) is 20.8. The molecule has 2 aromatic rings. The Kier molecular flexibility index (Phi) is 7.06. The molecule has 0 radical (unpaired) electrons. The summed E-state index contributed by atoms with van der Waals surface area (Å²) in [4.78, 5) is 1.50. The largest absolute Gasteiger partial charge is 0.368 e. The van der Waals surface area contributed by atoms with Crippen molar-refractivity contribution in [2.45, 2.75) is 25.9 Å². The van der Waals surface area contributed by atoms with Crippen LogP contribution in [0.15, 0.2) is 60.7 Å². The Hall–Kier alpha value is -2.08. The van der Waals surface area contributed by atoms with Crippen LogP contribution in [0.2, 0.25) is 0 Å². The lowest BCUT2D eigenvalue weighted by Crippen LogP contribution is -3.11. The number of ether oxygens (including phenoxy) is 1. The van der Waals surface area contributed by atoms with Crippen molar-refractivity contribution in [3.8, 4) is 11.8 Å². The van der Waals surface area contributed by atoms with Gasteiger partial charge >= 0.3 is 0 Å². The van der Waals surface area contributed by atoms with Crippen LogP contribution in [0.5, 0.6) is 0 Å². The van der Waals surface area contributed by atoms with Crippen LogP contribution >= 0.6 is 0 Å². The maximum Gasteiger partial charge on any atom is 0.139 e. The normalized spacial score (nSPS) is 11.2. The summed E-state index contributed by atoms with van der Waals surface area (Å²) in [6.45, 7) is 7.51. The second-order valence-electron chi connectivity index (χ2n) is 5.93. The van der Waals surface area contributed by atoms with Crippen LogP contribution < -0.4 is 4.90 Å². The highest BCUT2D eigenvalue weighted by atomic mass is 16.5. The molecule has 0 fully saturated rings. The van der Waals surface area contributed by atoms with E-state index in [9.17, 15) is 0 Å². The van der Waals surface area contributed by atoms with E-state index >= 15 is 0 Å². The minimum Gasteiger partial charge on any atom is -0.368 e. The van der Waals surface area contributed by atoms with Gasteiger partial charge in [0, 0.05) is 13.5 Å². The summed E-state index contributed by atoms with van der Waals surface area (Å²) in [6.07, 6.45) is 0.651. The van der Waals surface area contributed by atoms with Crippen LogP contribution in [0.1, 0.15) is 31.4 Å². The van der Waals surface area contributed by atoms with Crippen LogP contribution in [-0.2, 0) is 10.3 Å². The Balaban J connectivity index is 2.32. The maximum absolute atomic E-state index is 6.06. The van der Waals surface area contributed by atoms with E-state index in [-0.39, 0.29) is 0 Å². The predicted octanol–water partition coefficient (Wildman–Crippen LogP) is 2.89. The first-order chi connectivity index (χ1) is 11.8. The van der Waals surface area contributed by atoms with Crippen LogP contribution in [0, 0.1) is 11.8 Å². The van der Waals surface area contributed by atoms with Crippen molar-refractivity contribution in [1.82, 2.24) is 0 Å². The van der Waals surface area contributed by atoms with Gasteiger partial charge in [-0.25, -0.2) is 0 Å². The summed E-state index contributed by atoms with van der Waals surface area (Å²) in [5.74, 6) is 6.73. The van der Waals surface area contributed by atoms with E-state index in [1.165, 1.54) is 4.90 Å². The molecule has 0 saturated heterocycles. The van der Waals surface area contributed by atoms with Gasteiger partial charge < -0.3 is 9.64 Å². The summed E-state index contributed by atoms with van der Waals surface area (Å²) in [7, 11) is 1.78. The number of benzene rings is 2. The molecule has 0 aliphatic heterocycles. The van der Waals surface area contributed by atoms with Gasteiger partial charge in [-0.3, -0.25) is 0 Å². The lowest BCUT2D eigenvalue weighted by atomic mass is 9.83. The molecule has 2 aromatic carbocycles. The van der Waals surface area contributed by atoms with Crippen LogP contribution in [0.25, 0.3) is 0 Å². The third-order valence-corrected chi connectivity index (χ3v) is 4.63. The first-order valence-corrected chi connectivity index (χ1v) is 8.72. The molecule has 0 bridgehead atoms. The fourth-order valence-corrected chi connectivity index (χ4v) is 2.97. The third kappa shape index (κ3) is 4.26. The second kappa shape index (κ2) is 9.27. The van der Waals surface area contributed by atoms with Crippen LogP contribution in [-0.4, -0.2) is 26.7 Å². The van der Waals surface area contributed by atoms with E-state index in [1.54, 1.807) is 7.11 Å². The number of quaternary nitrogens is 1. The van der Waals surface area contributed by atoms with Gasteiger partial charge in [0.25, 0.3) is 0 Å². The van der Waals surface area contributed by atoms with Crippen LogP contribution in [0.4, 0.5) is 0 Å². The molecular weight excluding hydrogens is 294 g/mol. The van der Waals surface area contributed by atoms with E-state index < -0.39 is 5.60 Å². The molecule has 24 heavy (non-hydrogen) atoms. The molecule has 0 atom stereocenters. The number of rotatable bonds is 7. The number of methoxy groups -OCH3 is 1. The average Bonchev–Trinajstić information content (AvgIpc) is 2.67. The van der Waals surface area contributed by atoms with Crippen molar-refractivity contribution in [2.75, 3.05) is 26.7 Å². The highest BCUT2D eigenvalue weighted by molar-refractivity contribution is 5.38. The molecule has 1 N–H and O–H groups in total. The molecule has 0 aliphatic rings. The molecule has 0 unspecified atom stereocenters. The van der Waals surface area contributed by atoms with Gasteiger partial charge in [0.15, 0.2) is 0 Å². The maximum atomic E-state index is 6.06. The lowest BCUT2D eigenvalue weighted by Gasteiger charge is -2.32. The molecule has 2 rings (SSSR count). The summed E-state index contributed by atoms with van der Waals surface area (Å²) < 4.78 is 6.06. The fraction of sp³-hybridized carbons (Fsp3) is 0.364. The Morgan fingerprint density at radius 2 is 1.33 bits per heavy atom. The SMILES string of the molecule is CC[NH+](CC)CC#CCC(OC)(c1ccccc1)c1ccccc1. The molecule has 0 amide bonds. The van der Waals surface area contributed by atoms with Gasteiger partial charge in [0.05, 0.1) is 13.1 Å².